The summed E-state index contributed by atoms with van der Waals surface area (Å²) in [6, 6.07) is 11.1. The van der Waals surface area contributed by atoms with Crippen LogP contribution in [0.15, 0.2) is 53.9 Å². The van der Waals surface area contributed by atoms with Crippen LogP contribution < -0.4 is 4.90 Å². The predicted molar refractivity (Wildman–Crippen MR) is 114 cm³/mol. The number of alkyl halides is 1. The van der Waals surface area contributed by atoms with E-state index in [0.717, 1.165) is 23.1 Å². The maximum atomic E-state index is 13.6. The third-order valence-electron chi connectivity index (χ3n) is 6.32. The number of carbonyl (C=O) groups excluding carboxylic acids is 2. The number of Topliss-reactive ketones (excluding diaryl/α,β-unsaturated/α-hetero) is 1. The zero-order chi connectivity index (χ0) is 21.0. The number of hydrogen-bond donors (Lipinski definition) is 0. The van der Waals surface area contributed by atoms with Crippen LogP contribution >= 0.6 is 11.6 Å². The first-order valence-corrected chi connectivity index (χ1v) is 10.8. The Balaban J connectivity index is 1.65. The van der Waals surface area contributed by atoms with Gasteiger partial charge >= 0.3 is 0 Å². The van der Waals surface area contributed by atoms with Gasteiger partial charge < -0.3 is 4.74 Å². The normalized spacial score (nSPS) is 28.3. The average Bonchev–Trinajstić information content (AvgIpc) is 3.02. The third-order valence-corrected chi connectivity index (χ3v) is 6.72. The molecule has 2 aromatic rings. The lowest BCUT2D eigenvalue weighted by Crippen LogP contribution is -2.41. The maximum absolute atomic E-state index is 13.6. The second-order valence-electron chi connectivity index (χ2n) is 8.46. The number of aromatic nitrogens is 1. The van der Waals surface area contributed by atoms with E-state index >= 15 is 0 Å². The molecular weight excluding hydrogens is 400 g/mol. The summed E-state index contributed by atoms with van der Waals surface area (Å²) in [5, 5.41) is -0.0366. The topological polar surface area (TPSA) is 59.5 Å². The second-order valence-corrected chi connectivity index (χ2v) is 9.08. The van der Waals surface area contributed by atoms with Crippen molar-refractivity contribution in [1.82, 2.24) is 4.98 Å². The van der Waals surface area contributed by atoms with Gasteiger partial charge in [-0.05, 0) is 56.4 Å². The molecule has 0 spiro atoms. The van der Waals surface area contributed by atoms with Gasteiger partial charge in [-0.25, -0.2) is 4.98 Å². The minimum atomic E-state index is -0.549. The van der Waals surface area contributed by atoms with Gasteiger partial charge in [0, 0.05) is 11.6 Å². The number of ether oxygens (including phenoxy) is 1. The third kappa shape index (κ3) is 3.03. The summed E-state index contributed by atoms with van der Waals surface area (Å²) in [5.74, 6) is 0.0954. The summed E-state index contributed by atoms with van der Waals surface area (Å²) in [4.78, 5) is 33.2. The zero-order valence-corrected chi connectivity index (χ0v) is 17.7. The Morgan fingerprint density at radius 1 is 1.07 bits per heavy atom. The van der Waals surface area contributed by atoms with E-state index < -0.39 is 6.04 Å². The van der Waals surface area contributed by atoms with E-state index in [9.17, 15) is 9.59 Å². The molecular formula is C24H23ClN2O3. The highest BCUT2D eigenvalue weighted by molar-refractivity contribution is 6.21. The lowest BCUT2D eigenvalue weighted by Gasteiger charge is -2.37. The molecule has 3 heterocycles. The summed E-state index contributed by atoms with van der Waals surface area (Å²) >= 11 is 6.37. The Morgan fingerprint density at radius 3 is 2.57 bits per heavy atom. The van der Waals surface area contributed by atoms with Crippen molar-refractivity contribution in [3.05, 3.63) is 70.6 Å². The molecule has 4 atom stereocenters. The summed E-state index contributed by atoms with van der Waals surface area (Å²) in [6.07, 6.45) is 3.46. The van der Waals surface area contributed by atoms with Crippen molar-refractivity contribution in [3.63, 3.8) is 0 Å². The molecule has 1 aliphatic carbocycles. The summed E-state index contributed by atoms with van der Waals surface area (Å²) in [5.41, 5.74) is 3.42. The minimum Gasteiger partial charge on any atom is -0.483 e. The molecule has 1 saturated carbocycles. The molecule has 2 aliphatic heterocycles. The molecule has 1 amide bonds. The van der Waals surface area contributed by atoms with Crippen molar-refractivity contribution in [1.29, 1.82) is 0 Å². The van der Waals surface area contributed by atoms with E-state index in [1.54, 1.807) is 11.1 Å². The number of amides is 1. The first-order chi connectivity index (χ1) is 14.4. The van der Waals surface area contributed by atoms with Crippen LogP contribution in [0.3, 0.4) is 0 Å². The molecule has 154 valence electrons. The van der Waals surface area contributed by atoms with Crippen LogP contribution in [0.1, 0.15) is 42.0 Å². The molecule has 0 saturated heterocycles. The number of nitrogens with zero attached hydrogens (tertiary/aromatic N) is 2. The summed E-state index contributed by atoms with van der Waals surface area (Å²) < 4.78 is 6.18. The van der Waals surface area contributed by atoms with Crippen LogP contribution in [0.25, 0.3) is 0 Å². The highest BCUT2D eigenvalue weighted by Crippen LogP contribution is 2.48. The molecule has 5 nitrogen and oxygen atoms in total. The number of aryl methyl sites for hydroxylation is 2. The molecule has 1 fully saturated rings. The van der Waals surface area contributed by atoms with Gasteiger partial charge in [-0.1, -0.05) is 29.8 Å². The molecule has 6 heteroatoms. The van der Waals surface area contributed by atoms with Crippen LogP contribution in [0.2, 0.25) is 0 Å². The SMILES string of the molecule is Cc1ccc(C2C3=C(OC4CCC(Cl)CC4C3=O)C(=O)N2c2cc(C)ccn2)cc1. The number of pyridine rings is 1. The van der Waals surface area contributed by atoms with E-state index in [0.29, 0.717) is 24.2 Å². The van der Waals surface area contributed by atoms with Gasteiger partial charge in [0.2, 0.25) is 0 Å². The molecule has 1 aromatic carbocycles. The molecule has 0 radical (unpaired) electrons. The molecule has 4 unspecified atom stereocenters. The Kier molecular flexibility index (Phi) is 4.66. The van der Waals surface area contributed by atoms with Crippen molar-refractivity contribution in [3.8, 4) is 0 Å². The van der Waals surface area contributed by atoms with Crippen LogP contribution in [0.5, 0.6) is 0 Å². The van der Waals surface area contributed by atoms with Crippen molar-refractivity contribution < 1.29 is 14.3 Å². The molecule has 30 heavy (non-hydrogen) atoms. The fourth-order valence-electron chi connectivity index (χ4n) is 4.77. The van der Waals surface area contributed by atoms with E-state index in [-0.39, 0.29) is 34.8 Å². The molecule has 5 rings (SSSR count). The Morgan fingerprint density at radius 2 is 1.83 bits per heavy atom. The van der Waals surface area contributed by atoms with Gasteiger partial charge in [0.25, 0.3) is 5.91 Å². The van der Waals surface area contributed by atoms with Crippen LogP contribution in [-0.4, -0.2) is 28.2 Å². The van der Waals surface area contributed by atoms with Crippen molar-refractivity contribution >= 4 is 29.1 Å². The molecule has 3 aliphatic rings. The number of ketones is 1. The number of benzene rings is 1. The van der Waals surface area contributed by atoms with Crippen molar-refractivity contribution in [2.45, 2.75) is 50.6 Å². The molecule has 0 N–H and O–H groups in total. The lowest BCUT2D eigenvalue weighted by molar-refractivity contribution is -0.131. The zero-order valence-electron chi connectivity index (χ0n) is 17.0. The molecule has 0 bridgehead atoms. The fourth-order valence-corrected chi connectivity index (χ4v) is 5.09. The Bertz CT molecular complexity index is 1060. The van der Waals surface area contributed by atoms with Crippen molar-refractivity contribution in [2.24, 2.45) is 5.92 Å². The highest BCUT2D eigenvalue weighted by atomic mass is 35.5. The van der Waals surface area contributed by atoms with Crippen LogP contribution in [0, 0.1) is 19.8 Å². The van der Waals surface area contributed by atoms with Gasteiger partial charge in [0.05, 0.1) is 17.5 Å². The maximum Gasteiger partial charge on any atom is 0.295 e. The van der Waals surface area contributed by atoms with E-state index in [4.69, 9.17) is 16.3 Å². The average molecular weight is 423 g/mol. The fraction of sp³-hybridized carbons (Fsp3) is 0.375. The monoisotopic (exact) mass is 422 g/mol. The number of fused-ring (bicyclic) bond motifs is 1. The smallest absolute Gasteiger partial charge is 0.295 e. The number of carbonyl (C=O) groups is 2. The van der Waals surface area contributed by atoms with Gasteiger partial charge in [0.15, 0.2) is 11.5 Å². The predicted octanol–water partition coefficient (Wildman–Crippen LogP) is 4.42. The van der Waals surface area contributed by atoms with E-state index in [1.807, 2.05) is 50.2 Å². The summed E-state index contributed by atoms with van der Waals surface area (Å²) in [7, 11) is 0. The number of anilines is 1. The highest BCUT2D eigenvalue weighted by Gasteiger charge is 2.53. The van der Waals surface area contributed by atoms with Crippen LogP contribution in [0.4, 0.5) is 5.82 Å². The van der Waals surface area contributed by atoms with Crippen LogP contribution in [-0.2, 0) is 14.3 Å². The van der Waals surface area contributed by atoms with Gasteiger partial charge in [-0.2, -0.15) is 0 Å². The summed E-state index contributed by atoms with van der Waals surface area (Å²) in [6.45, 7) is 3.97. The number of rotatable bonds is 2. The minimum absolute atomic E-state index is 0.0133. The standard InChI is InChI=1S/C24H23ClN2O3/c1-13-3-5-15(6-4-13)21-20-22(28)17-12-16(25)7-8-18(17)30-23(20)24(29)27(21)19-11-14(2)9-10-26-19/h3-6,9-11,16-18,21H,7-8,12H2,1-2H3. The van der Waals surface area contributed by atoms with E-state index in [1.165, 1.54) is 0 Å². The Hall–Kier alpha value is -2.66. The van der Waals surface area contributed by atoms with E-state index in [2.05, 4.69) is 4.98 Å². The van der Waals surface area contributed by atoms with Crippen molar-refractivity contribution in [2.75, 3.05) is 4.90 Å². The lowest BCUT2D eigenvalue weighted by atomic mass is 9.77. The number of hydrogen-bond acceptors (Lipinski definition) is 4. The molecule has 1 aromatic heterocycles. The van der Waals surface area contributed by atoms with Gasteiger partial charge in [0.1, 0.15) is 11.9 Å². The quantitative estimate of drug-likeness (QED) is 0.672. The first-order valence-electron chi connectivity index (χ1n) is 10.4. The number of halogens is 1. The van der Waals surface area contributed by atoms with Gasteiger partial charge in [-0.15, -0.1) is 11.6 Å². The Labute approximate surface area is 180 Å². The largest absolute Gasteiger partial charge is 0.483 e. The first kappa shape index (κ1) is 19.3. The van der Waals surface area contributed by atoms with Gasteiger partial charge in [-0.3, -0.25) is 14.5 Å². The second kappa shape index (κ2) is 7.24.